The summed E-state index contributed by atoms with van der Waals surface area (Å²) >= 11 is 5.61. The fourth-order valence-electron chi connectivity index (χ4n) is 1.62. The van der Waals surface area contributed by atoms with E-state index >= 15 is 0 Å². The second-order valence-electron chi connectivity index (χ2n) is 3.38. The third kappa shape index (κ3) is 2.05. The topological polar surface area (TPSA) is 24.1 Å². The van der Waals surface area contributed by atoms with E-state index in [2.05, 4.69) is 10.6 Å². The lowest BCUT2D eigenvalue weighted by Gasteiger charge is -2.24. The molecule has 0 saturated carbocycles. The molecule has 1 fully saturated rings. The number of halogens is 2. The molecule has 0 unspecified atom stereocenters. The first-order valence-electron chi connectivity index (χ1n) is 4.66. The molecule has 0 aromatic heterocycles. The number of piperazine rings is 1. The Bertz CT molecular complexity index is 324. The lowest BCUT2D eigenvalue weighted by atomic mass is 10.1. The summed E-state index contributed by atoms with van der Waals surface area (Å²) in [4.78, 5) is 0. The molecule has 1 heterocycles. The highest BCUT2D eigenvalue weighted by molar-refractivity contribution is 6.30. The number of hydrogen-bond acceptors (Lipinski definition) is 2. The van der Waals surface area contributed by atoms with Crippen molar-refractivity contribution in [2.45, 2.75) is 6.04 Å². The van der Waals surface area contributed by atoms with Crippen LogP contribution in [-0.2, 0) is 0 Å². The van der Waals surface area contributed by atoms with Crippen molar-refractivity contribution in [1.82, 2.24) is 10.6 Å². The molecule has 0 bridgehead atoms. The van der Waals surface area contributed by atoms with Crippen molar-refractivity contribution in [2.75, 3.05) is 19.6 Å². The zero-order chi connectivity index (χ0) is 9.97. The number of rotatable bonds is 1. The van der Waals surface area contributed by atoms with Gasteiger partial charge in [0.1, 0.15) is 5.82 Å². The molecule has 1 saturated heterocycles. The van der Waals surface area contributed by atoms with Crippen LogP contribution in [0.5, 0.6) is 0 Å². The molecule has 2 N–H and O–H groups in total. The largest absolute Gasteiger partial charge is 0.314 e. The molecule has 4 heteroatoms. The Morgan fingerprint density at radius 3 is 2.86 bits per heavy atom. The summed E-state index contributed by atoms with van der Waals surface area (Å²) in [5, 5.41) is 6.74. The highest BCUT2D eigenvalue weighted by atomic mass is 35.5. The van der Waals surface area contributed by atoms with Crippen molar-refractivity contribution < 1.29 is 4.39 Å². The summed E-state index contributed by atoms with van der Waals surface area (Å²) in [5.74, 6) is -0.350. The first kappa shape index (κ1) is 9.90. The number of benzene rings is 1. The van der Waals surface area contributed by atoms with Crippen LogP contribution in [-0.4, -0.2) is 19.6 Å². The van der Waals surface area contributed by atoms with Crippen LogP contribution in [0, 0.1) is 5.82 Å². The molecule has 2 rings (SSSR count). The van der Waals surface area contributed by atoms with Crippen LogP contribution >= 0.6 is 11.6 Å². The van der Waals surface area contributed by atoms with Crippen LogP contribution in [0.3, 0.4) is 0 Å². The quantitative estimate of drug-likeness (QED) is 0.744. The van der Waals surface area contributed by atoms with Crippen LogP contribution in [0.15, 0.2) is 18.2 Å². The van der Waals surface area contributed by atoms with Gasteiger partial charge in [0, 0.05) is 25.7 Å². The van der Waals surface area contributed by atoms with Gasteiger partial charge in [-0.2, -0.15) is 0 Å². The predicted molar refractivity (Wildman–Crippen MR) is 55.0 cm³/mol. The van der Waals surface area contributed by atoms with Crippen LogP contribution in [0.1, 0.15) is 11.6 Å². The van der Waals surface area contributed by atoms with E-state index in [-0.39, 0.29) is 16.9 Å². The summed E-state index contributed by atoms with van der Waals surface area (Å²) in [6.07, 6.45) is 0. The fourth-order valence-corrected chi connectivity index (χ4v) is 1.74. The summed E-state index contributed by atoms with van der Waals surface area (Å²) in [6.45, 7) is 2.71. The van der Waals surface area contributed by atoms with Gasteiger partial charge >= 0.3 is 0 Å². The molecular weight excluding hydrogens is 203 g/mol. The van der Waals surface area contributed by atoms with Gasteiger partial charge in [0.25, 0.3) is 0 Å². The minimum atomic E-state index is -0.350. The molecule has 1 aliphatic rings. The normalized spacial score (nSPS) is 22.3. The Labute approximate surface area is 87.5 Å². The van der Waals surface area contributed by atoms with Gasteiger partial charge in [-0.1, -0.05) is 17.7 Å². The zero-order valence-corrected chi connectivity index (χ0v) is 8.44. The Morgan fingerprint density at radius 2 is 2.21 bits per heavy atom. The summed E-state index contributed by atoms with van der Waals surface area (Å²) < 4.78 is 13.2. The van der Waals surface area contributed by atoms with Gasteiger partial charge in [0.15, 0.2) is 0 Å². The molecule has 1 aliphatic heterocycles. The molecule has 1 aromatic rings. The Hall–Kier alpha value is -0.640. The average Bonchev–Trinajstić information content (AvgIpc) is 2.23. The molecular formula is C10H12ClFN2. The number of hydrogen-bond donors (Lipinski definition) is 2. The van der Waals surface area contributed by atoms with E-state index in [0.29, 0.717) is 0 Å². The van der Waals surface area contributed by atoms with Crippen molar-refractivity contribution in [2.24, 2.45) is 0 Å². The van der Waals surface area contributed by atoms with Crippen molar-refractivity contribution in [3.05, 3.63) is 34.6 Å². The third-order valence-electron chi connectivity index (χ3n) is 2.39. The van der Waals surface area contributed by atoms with Gasteiger partial charge in [-0.05, 0) is 17.7 Å². The van der Waals surface area contributed by atoms with E-state index < -0.39 is 0 Å². The fraction of sp³-hybridized carbons (Fsp3) is 0.400. The molecule has 0 amide bonds. The van der Waals surface area contributed by atoms with E-state index in [1.807, 2.05) is 6.07 Å². The van der Waals surface area contributed by atoms with E-state index in [9.17, 15) is 4.39 Å². The molecule has 0 spiro atoms. The van der Waals surface area contributed by atoms with E-state index in [4.69, 9.17) is 11.6 Å². The van der Waals surface area contributed by atoms with Crippen molar-refractivity contribution >= 4 is 11.6 Å². The molecule has 0 radical (unpaired) electrons. The lowest BCUT2D eigenvalue weighted by molar-refractivity contribution is 0.428. The van der Waals surface area contributed by atoms with Gasteiger partial charge in [0.2, 0.25) is 0 Å². The van der Waals surface area contributed by atoms with E-state index in [0.717, 1.165) is 25.2 Å². The van der Waals surface area contributed by atoms with Crippen LogP contribution in [0.25, 0.3) is 0 Å². The van der Waals surface area contributed by atoms with Crippen LogP contribution in [0.2, 0.25) is 5.02 Å². The molecule has 1 aromatic carbocycles. The smallest absolute Gasteiger partial charge is 0.142 e. The molecule has 14 heavy (non-hydrogen) atoms. The Balaban J connectivity index is 2.18. The Morgan fingerprint density at radius 1 is 1.36 bits per heavy atom. The standard InChI is InChI=1S/C10H12ClFN2/c11-8-2-1-7(5-9(8)12)10-6-13-3-4-14-10/h1-2,5,10,13-14H,3-4,6H2/t10-/m0/s1. The SMILES string of the molecule is Fc1cc([C@@H]2CNCCN2)ccc1Cl. The summed E-state index contributed by atoms with van der Waals surface area (Å²) in [5.41, 5.74) is 0.944. The zero-order valence-electron chi connectivity index (χ0n) is 7.69. The van der Waals surface area contributed by atoms with Crippen molar-refractivity contribution in [3.8, 4) is 0 Å². The maximum atomic E-state index is 13.2. The van der Waals surface area contributed by atoms with Gasteiger partial charge in [-0.15, -0.1) is 0 Å². The van der Waals surface area contributed by atoms with Crippen molar-refractivity contribution in [1.29, 1.82) is 0 Å². The average molecular weight is 215 g/mol. The number of nitrogens with one attached hydrogen (secondary N) is 2. The molecule has 1 atom stereocenters. The lowest BCUT2D eigenvalue weighted by Crippen LogP contribution is -2.42. The monoisotopic (exact) mass is 214 g/mol. The van der Waals surface area contributed by atoms with E-state index in [1.165, 1.54) is 6.07 Å². The maximum Gasteiger partial charge on any atom is 0.142 e. The molecule has 2 nitrogen and oxygen atoms in total. The molecule has 76 valence electrons. The molecule has 0 aliphatic carbocycles. The third-order valence-corrected chi connectivity index (χ3v) is 2.69. The van der Waals surface area contributed by atoms with Gasteiger partial charge in [0.05, 0.1) is 5.02 Å². The minimum Gasteiger partial charge on any atom is -0.314 e. The maximum absolute atomic E-state index is 13.2. The first-order chi connectivity index (χ1) is 6.77. The van der Waals surface area contributed by atoms with E-state index in [1.54, 1.807) is 6.07 Å². The van der Waals surface area contributed by atoms with Gasteiger partial charge in [-0.25, -0.2) is 4.39 Å². The summed E-state index contributed by atoms with van der Waals surface area (Å²) in [7, 11) is 0. The highest BCUT2D eigenvalue weighted by Gasteiger charge is 2.15. The van der Waals surface area contributed by atoms with Gasteiger partial charge in [-0.3, -0.25) is 0 Å². The van der Waals surface area contributed by atoms with Crippen LogP contribution in [0.4, 0.5) is 4.39 Å². The minimum absolute atomic E-state index is 0.178. The van der Waals surface area contributed by atoms with Crippen molar-refractivity contribution in [3.63, 3.8) is 0 Å². The first-order valence-corrected chi connectivity index (χ1v) is 5.04. The van der Waals surface area contributed by atoms with Crippen LogP contribution < -0.4 is 10.6 Å². The second kappa shape index (κ2) is 4.26. The predicted octanol–water partition coefficient (Wildman–Crippen LogP) is 1.71. The van der Waals surface area contributed by atoms with Gasteiger partial charge < -0.3 is 10.6 Å². The Kier molecular flexibility index (Phi) is 3.01. The second-order valence-corrected chi connectivity index (χ2v) is 3.79. The summed E-state index contributed by atoms with van der Waals surface area (Å²) in [6, 6.07) is 5.14. The highest BCUT2D eigenvalue weighted by Crippen LogP contribution is 2.20.